The number of rotatable bonds is 2. The van der Waals surface area contributed by atoms with Gasteiger partial charge in [0.2, 0.25) is 5.78 Å². The lowest BCUT2D eigenvalue weighted by Gasteiger charge is -2.08. The SMILES string of the molecule is Cc1ccc2oc3ccc(-n4c5ccccc5c5ccccc54)cc3c2c1.Cc1ccc2oc3cccc(-n4c5ccccc5n5c6ccccc6nc45)c3c2c1. The smallest absolute Gasteiger partial charge is 0.220 e. The van der Waals surface area contributed by atoms with E-state index in [0.29, 0.717) is 0 Å². The summed E-state index contributed by atoms with van der Waals surface area (Å²) in [6.45, 7) is 4.24. The third kappa shape index (κ3) is 4.68. The number of para-hydroxylation sites is 6. The maximum atomic E-state index is 6.19. The van der Waals surface area contributed by atoms with Gasteiger partial charge < -0.3 is 13.4 Å². The number of imidazole rings is 2. The summed E-state index contributed by atoms with van der Waals surface area (Å²) in [5.41, 5.74) is 15.2. The van der Waals surface area contributed by atoms with E-state index in [0.717, 1.165) is 77.7 Å². The Labute approximate surface area is 326 Å². The third-order valence-electron chi connectivity index (χ3n) is 11.4. The fourth-order valence-corrected chi connectivity index (χ4v) is 8.92. The molecule has 270 valence electrons. The lowest BCUT2D eigenvalue weighted by Crippen LogP contribution is -1.95. The van der Waals surface area contributed by atoms with Gasteiger partial charge in [0, 0.05) is 32.6 Å². The van der Waals surface area contributed by atoms with Crippen molar-refractivity contribution in [3.05, 3.63) is 181 Å². The Morgan fingerprint density at radius 2 is 0.965 bits per heavy atom. The summed E-state index contributed by atoms with van der Waals surface area (Å²) in [6, 6.07) is 59.4. The number of furan rings is 2. The van der Waals surface area contributed by atoms with Gasteiger partial charge in [-0.15, -0.1) is 0 Å². The Morgan fingerprint density at radius 3 is 1.70 bits per heavy atom. The Kier molecular flexibility index (Phi) is 6.66. The Bertz CT molecular complexity index is 3690. The first-order chi connectivity index (χ1) is 28.1. The van der Waals surface area contributed by atoms with Crippen molar-refractivity contribution in [1.82, 2.24) is 18.5 Å². The van der Waals surface area contributed by atoms with Crippen LogP contribution in [0.4, 0.5) is 0 Å². The van der Waals surface area contributed by atoms with Gasteiger partial charge in [-0.05, 0) is 105 Å². The van der Waals surface area contributed by atoms with Gasteiger partial charge in [-0.25, -0.2) is 4.98 Å². The fourth-order valence-electron chi connectivity index (χ4n) is 8.92. The topological polar surface area (TPSA) is 53.4 Å². The first kappa shape index (κ1) is 31.7. The van der Waals surface area contributed by atoms with E-state index in [-0.39, 0.29) is 0 Å². The van der Waals surface area contributed by atoms with E-state index in [4.69, 9.17) is 13.8 Å². The molecule has 0 saturated carbocycles. The molecule has 0 atom stereocenters. The van der Waals surface area contributed by atoms with Crippen molar-refractivity contribution in [2.75, 3.05) is 0 Å². The van der Waals surface area contributed by atoms with Crippen molar-refractivity contribution in [2.45, 2.75) is 13.8 Å². The van der Waals surface area contributed by atoms with Crippen LogP contribution in [0.3, 0.4) is 0 Å². The standard InChI is InChI=1S/C26H17N3O.C25H17NO/c1-16-13-14-23-17(15-16)25-22(11-6-12-24(25)30-23)29-21-10-5-4-9-20(21)28-19-8-3-2-7-18(19)27-26(28)29;1-16-10-12-24-20(14-16)21-15-17(11-13-25(21)27-24)26-22-8-4-2-6-18(22)19-7-3-5-9-23(19)26/h2-15H,1H3;2-15H,1H3. The molecule has 0 aliphatic rings. The first-order valence-corrected chi connectivity index (χ1v) is 19.3. The zero-order chi connectivity index (χ0) is 37.8. The quantitative estimate of drug-likeness (QED) is 0.178. The van der Waals surface area contributed by atoms with Crippen LogP contribution >= 0.6 is 0 Å². The molecule has 0 bridgehead atoms. The molecule has 0 aliphatic heterocycles. The summed E-state index contributed by atoms with van der Waals surface area (Å²) in [7, 11) is 0. The van der Waals surface area contributed by atoms with E-state index in [2.05, 4.69) is 185 Å². The van der Waals surface area contributed by atoms with Crippen LogP contribution < -0.4 is 0 Å². The maximum Gasteiger partial charge on any atom is 0.220 e. The molecule has 0 spiro atoms. The predicted molar refractivity (Wildman–Crippen MR) is 234 cm³/mol. The van der Waals surface area contributed by atoms with Crippen LogP contribution in [0.5, 0.6) is 0 Å². The van der Waals surface area contributed by atoms with Gasteiger partial charge in [-0.2, -0.15) is 0 Å². The molecule has 0 unspecified atom stereocenters. The average Bonchev–Trinajstić information content (AvgIpc) is 4.05. The van der Waals surface area contributed by atoms with Gasteiger partial charge in [0.25, 0.3) is 0 Å². The van der Waals surface area contributed by atoms with E-state index in [1.54, 1.807) is 0 Å². The highest BCUT2D eigenvalue weighted by Gasteiger charge is 2.20. The summed E-state index contributed by atoms with van der Waals surface area (Å²) in [5.74, 6) is 0.909. The van der Waals surface area contributed by atoms with Crippen LogP contribution in [0, 0.1) is 13.8 Å². The van der Waals surface area contributed by atoms with Crippen LogP contribution in [0.2, 0.25) is 0 Å². The maximum absolute atomic E-state index is 6.19. The van der Waals surface area contributed by atoms with Crippen LogP contribution in [-0.4, -0.2) is 18.5 Å². The lowest BCUT2D eigenvalue weighted by atomic mass is 10.1. The monoisotopic (exact) mass is 734 g/mol. The number of aromatic nitrogens is 4. The molecule has 6 nitrogen and oxygen atoms in total. The van der Waals surface area contributed by atoms with Gasteiger partial charge in [-0.3, -0.25) is 8.97 Å². The number of fused-ring (bicyclic) bond motifs is 14. The molecule has 6 heteroatoms. The van der Waals surface area contributed by atoms with E-state index >= 15 is 0 Å². The average molecular weight is 735 g/mol. The Hall–Kier alpha value is -7.57. The minimum Gasteiger partial charge on any atom is -0.456 e. The van der Waals surface area contributed by atoms with Crippen molar-refractivity contribution >= 4 is 93.5 Å². The summed E-state index contributed by atoms with van der Waals surface area (Å²) in [6.07, 6.45) is 0. The molecule has 57 heavy (non-hydrogen) atoms. The zero-order valence-electron chi connectivity index (χ0n) is 31.3. The van der Waals surface area contributed by atoms with Crippen LogP contribution in [0.15, 0.2) is 179 Å². The van der Waals surface area contributed by atoms with E-state index < -0.39 is 0 Å². The number of benzene rings is 8. The number of nitrogens with zero attached hydrogens (tertiary/aromatic N) is 4. The highest BCUT2D eigenvalue weighted by molar-refractivity contribution is 6.12. The lowest BCUT2D eigenvalue weighted by molar-refractivity contribution is 0.668. The molecule has 5 heterocycles. The van der Waals surface area contributed by atoms with Gasteiger partial charge in [0.1, 0.15) is 22.3 Å². The summed E-state index contributed by atoms with van der Waals surface area (Å²) in [4.78, 5) is 5.01. The Morgan fingerprint density at radius 1 is 0.404 bits per heavy atom. The van der Waals surface area contributed by atoms with Crippen molar-refractivity contribution < 1.29 is 8.83 Å². The van der Waals surface area contributed by atoms with Gasteiger partial charge in [0.15, 0.2) is 0 Å². The molecular formula is C51H34N4O2. The number of hydrogen-bond acceptors (Lipinski definition) is 3. The van der Waals surface area contributed by atoms with Gasteiger partial charge in [0.05, 0.1) is 44.2 Å². The molecule has 13 aromatic rings. The molecule has 0 radical (unpaired) electrons. The van der Waals surface area contributed by atoms with E-state index in [9.17, 15) is 0 Å². The second kappa shape index (κ2) is 12.0. The highest BCUT2D eigenvalue weighted by atomic mass is 16.3. The molecule has 0 N–H and O–H groups in total. The summed E-state index contributed by atoms with van der Waals surface area (Å²) < 4.78 is 19.1. The molecule has 0 amide bonds. The summed E-state index contributed by atoms with van der Waals surface area (Å²) in [5, 5.41) is 7.14. The van der Waals surface area contributed by atoms with Crippen LogP contribution in [-0.2, 0) is 0 Å². The molecule has 8 aromatic carbocycles. The molecule has 13 rings (SSSR count). The number of hydrogen-bond donors (Lipinski definition) is 0. The van der Waals surface area contributed by atoms with Crippen molar-refractivity contribution in [3.8, 4) is 11.4 Å². The highest BCUT2D eigenvalue weighted by Crippen LogP contribution is 2.38. The molecule has 5 aromatic heterocycles. The molecule has 0 saturated heterocycles. The second-order valence-corrected chi connectivity index (χ2v) is 15.0. The zero-order valence-corrected chi connectivity index (χ0v) is 31.3. The van der Waals surface area contributed by atoms with Crippen molar-refractivity contribution in [3.63, 3.8) is 0 Å². The number of aryl methyl sites for hydroxylation is 2. The normalized spacial score (nSPS) is 12.0. The minimum absolute atomic E-state index is 0.889. The minimum atomic E-state index is 0.889. The first-order valence-electron chi connectivity index (χ1n) is 19.3. The molecule has 0 fully saturated rings. The fraction of sp³-hybridized carbons (Fsp3) is 0.0392. The van der Waals surface area contributed by atoms with E-state index in [1.165, 1.54) is 38.3 Å². The van der Waals surface area contributed by atoms with E-state index in [1.807, 2.05) is 12.1 Å². The summed E-state index contributed by atoms with van der Waals surface area (Å²) >= 11 is 0. The largest absolute Gasteiger partial charge is 0.456 e. The van der Waals surface area contributed by atoms with Crippen LogP contribution in [0.25, 0.3) is 105 Å². The molecular weight excluding hydrogens is 701 g/mol. The van der Waals surface area contributed by atoms with Gasteiger partial charge in [-0.1, -0.05) is 90.0 Å². The van der Waals surface area contributed by atoms with Gasteiger partial charge >= 0.3 is 0 Å². The van der Waals surface area contributed by atoms with Crippen molar-refractivity contribution in [1.29, 1.82) is 0 Å². The Balaban J connectivity index is 0.000000126. The predicted octanol–water partition coefficient (Wildman–Crippen LogP) is 13.6. The third-order valence-corrected chi connectivity index (χ3v) is 11.4. The second-order valence-electron chi connectivity index (χ2n) is 15.0. The molecule has 0 aliphatic carbocycles. The van der Waals surface area contributed by atoms with Crippen LogP contribution in [0.1, 0.15) is 11.1 Å². The van der Waals surface area contributed by atoms with Crippen molar-refractivity contribution in [2.24, 2.45) is 0 Å².